The third-order valence-corrected chi connectivity index (χ3v) is 3.68. The van der Waals surface area contributed by atoms with Gasteiger partial charge < -0.3 is 9.84 Å². The molecule has 2 heteroatoms. The maximum Gasteiger partial charge on any atom is 0.154 e. The molecule has 0 aromatic carbocycles. The lowest BCUT2D eigenvalue weighted by molar-refractivity contribution is -0.223. The average molecular weight is 184 g/mol. The van der Waals surface area contributed by atoms with Crippen LogP contribution in [0.5, 0.6) is 0 Å². The minimum atomic E-state index is -0.501. The average Bonchev–Trinajstić information content (AvgIpc) is 2.06. The summed E-state index contributed by atoms with van der Waals surface area (Å²) in [7, 11) is 0. The molecule has 1 aliphatic carbocycles. The minimum absolute atomic E-state index is 0.268. The highest BCUT2D eigenvalue weighted by Gasteiger charge is 2.43. The van der Waals surface area contributed by atoms with Crippen LogP contribution in [0.2, 0.25) is 0 Å². The van der Waals surface area contributed by atoms with E-state index in [0.717, 1.165) is 12.8 Å². The molecular formula is C11H20O2. The second-order valence-electron chi connectivity index (χ2n) is 5.23. The van der Waals surface area contributed by atoms with Crippen LogP contribution in [0, 0.1) is 11.3 Å². The van der Waals surface area contributed by atoms with Crippen molar-refractivity contribution in [3.8, 4) is 0 Å². The van der Waals surface area contributed by atoms with Crippen molar-refractivity contribution in [3.05, 3.63) is 0 Å². The lowest BCUT2D eigenvalue weighted by Gasteiger charge is -2.47. The van der Waals surface area contributed by atoms with Crippen molar-refractivity contribution >= 4 is 0 Å². The van der Waals surface area contributed by atoms with Gasteiger partial charge in [-0.2, -0.15) is 0 Å². The normalized spacial score (nSPS) is 44.1. The predicted molar refractivity (Wildman–Crippen MR) is 51.2 cm³/mol. The van der Waals surface area contributed by atoms with E-state index in [1.807, 2.05) is 0 Å². The van der Waals surface area contributed by atoms with Gasteiger partial charge >= 0.3 is 0 Å². The summed E-state index contributed by atoms with van der Waals surface area (Å²) in [5.41, 5.74) is 0.268. The van der Waals surface area contributed by atoms with E-state index >= 15 is 0 Å². The molecule has 1 saturated heterocycles. The molecule has 13 heavy (non-hydrogen) atoms. The van der Waals surface area contributed by atoms with Gasteiger partial charge in [0.15, 0.2) is 6.29 Å². The van der Waals surface area contributed by atoms with Crippen LogP contribution >= 0.6 is 0 Å². The van der Waals surface area contributed by atoms with E-state index in [1.165, 1.54) is 19.3 Å². The highest BCUT2D eigenvalue weighted by atomic mass is 16.6. The summed E-state index contributed by atoms with van der Waals surface area (Å²) in [5.74, 6) is 0.701. The molecule has 1 heterocycles. The number of fused-ring (bicyclic) bond motifs is 1. The number of hydrogen-bond donors (Lipinski definition) is 1. The molecule has 0 aromatic rings. The predicted octanol–water partition coefficient (Wildman–Crippen LogP) is 2.31. The number of aliphatic hydroxyl groups is 1. The van der Waals surface area contributed by atoms with Crippen molar-refractivity contribution in [2.75, 3.05) is 0 Å². The highest BCUT2D eigenvalue weighted by molar-refractivity contribution is 4.91. The zero-order chi connectivity index (χ0) is 9.47. The monoisotopic (exact) mass is 184 g/mol. The summed E-state index contributed by atoms with van der Waals surface area (Å²) >= 11 is 0. The Morgan fingerprint density at radius 2 is 2.00 bits per heavy atom. The van der Waals surface area contributed by atoms with E-state index in [4.69, 9.17) is 4.74 Å². The van der Waals surface area contributed by atoms with Gasteiger partial charge in [-0.25, -0.2) is 0 Å². The standard InChI is InChI=1S/C11H20O2/c1-11(2)7-3-4-8-5-6-9(12)13-10(8)11/h8-10,12H,3-7H2,1-2H3. The Labute approximate surface area is 80.3 Å². The molecule has 2 fully saturated rings. The Hall–Kier alpha value is -0.0800. The third kappa shape index (κ3) is 1.75. The van der Waals surface area contributed by atoms with Crippen LogP contribution in [-0.2, 0) is 4.74 Å². The first-order valence-corrected chi connectivity index (χ1v) is 5.43. The second kappa shape index (κ2) is 3.25. The Morgan fingerprint density at radius 3 is 2.77 bits per heavy atom. The molecule has 2 nitrogen and oxygen atoms in total. The number of rotatable bonds is 0. The van der Waals surface area contributed by atoms with Crippen molar-refractivity contribution in [1.29, 1.82) is 0 Å². The first kappa shape index (κ1) is 9.47. The van der Waals surface area contributed by atoms with E-state index in [-0.39, 0.29) is 5.41 Å². The molecule has 0 bridgehead atoms. The Bertz CT molecular complexity index is 189. The zero-order valence-corrected chi connectivity index (χ0v) is 8.62. The molecule has 3 unspecified atom stereocenters. The van der Waals surface area contributed by atoms with Crippen molar-refractivity contribution < 1.29 is 9.84 Å². The van der Waals surface area contributed by atoms with Gasteiger partial charge in [0.05, 0.1) is 6.10 Å². The van der Waals surface area contributed by atoms with Gasteiger partial charge in [-0.15, -0.1) is 0 Å². The zero-order valence-electron chi connectivity index (χ0n) is 8.62. The minimum Gasteiger partial charge on any atom is -0.368 e. The molecule has 0 radical (unpaired) electrons. The van der Waals surface area contributed by atoms with Crippen molar-refractivity contribution in [2.24, 2.45) is 11.3 Å². The molecule has 0 spiro atoms. The van der Waals surface area contributed by atoms with Crippen LogP contribution in [0.4, 0.5) is 0 Å². The van der Waals surface area contributed by atoms with E-state index in [1.54, 1.807) is 0 Å². The molecular weight excluding hydrogens is 164 g/mol. The van der Waals surface area contributed by atoms with Crippen LogP contribution in [0.3, 0.4) is 0 Å². The Balaban J connectivity index is 2.10. The van der Waals surface area contributed by atoms with Gasteiger partial charge in [0.2, 0.25) is 0 Å². The largest absolute Gasteiger partial charge is 0.368 e. The van der Waals surface area contributed by atoms with Gasteiger partial charge in [0.1, 0.15) is 0 Å². The van der Waals surface area contributed by atoms with Crippen LogP contribution < -0.4 is 0 Å². The molecule has 76 valence electrons. The maximum atomic E-state index is 9.46. The fourth-order valence-electron chi connectivity index (χ4n) is 2.94. The summed E-state index contributed by atoms with van der Waals surface area (Å²) in [4.78, 5) is 0. The van der Waals surface area contributed by atoms with Crippen LogP contribution in [0.15, 0.2) is 0 Å². The quantitative estimate of drug-likeness (QED) is 0.626. The van der Waals surface area contributed by atoms with Crippen molar-refractivity contribution in [3.63, 3.8) is 0 Å². The first-order valence-electron chi connectivity index (χ1n) is 5.43. The third-order valence-electron chi connectivity index (χ3n) is 3.68. The molecule has 3 atom stereocenters. The molecule has 1 aliphatic heterocycles. The maximum absolute atomic E-state index is 9.46. The number of ether oxygens (including phenoxy) is 1. The molecule has 0 amide bonds. The lowest BCUT2D eigenvalue weighted by atomic mass is 9.67. The molecule has 0 aromatic heterocycles. The second-order valence-corrected chi connectivity index (χ2v) is 5.23. The highest BCUT2D eigenvalue weighted by Crippen LogP contribution is 2.45. The van der Waals surface area contributed by atoms with Gasteiger partial charge in [0.25, 0.3) is 0 Å². The SMILES string of the molecule is CC1(C)CCCC2CCC(O)OC21. The van der Waals surface area contributed by atoms with Crippen LogP contribution in [0.1, 0.15) is 46.0 Å². The van der Waals surface area contributed by atoms with Gasteiger partial charge in [0, 0.05) is 0 Å². The molecule has 1 saturated carbocycles. The summed E-state index contributed by atoms with van der Waals surface area (Å²) in [6.07, 6.45) is 5.63. The van der Waals surface area contributed by atoms with Crippen LogP contribution in [0.25, 0.3) is 0 Å². The van der Waals surface area contributed by atoms with Crippen LogP contribution in [-0.4, -0.2) is 17.5 Å². The molecule has 1 N–H and O–H groups in total. The van der Waals surface area contributed by atoms with E-state index in [9.17, 15) is 5.11 Å². The summed E-state index contributed by atoms with van der Waals surface area (Å²) in [6.45, 7) is 4.53. The van der Waals surface area contributed by atoms with Crippen molar-refractivity contribution in [2.45, 2.75) is 58.3 Å². The van der Waals surface area contributed by atoms with Gasteiger partial charge in [-0.05, 0) is 37.0 Å². The van der Waals surface area contributed by atoms with E-state index < -0.39 is 6.29 Å². The summed E-state index contributed by atoms with van der Waals surface area (Å²) < 4.78 is 5.66. The fourth-order valence-corrected chi connectivity index (χ4v) is 2.94. The summed E-state index contributed by atoms with van der Waals surface area (Å²) in [5, 5.41) is 9.46. The molecule has 2 rings (SSSR count). The van der Waals surface area contributed by atoms with E-state index in [0.29, 0.717) is 12.0 Å². The van der Waals surface area contributed by atoms with Gasteiger partial charge in [-0.1, -0.05) is 20.3 Å². The Morgan fingerprint density at radius 1 is 1.23 bits per heavy atom. The number of hydrogen-bond acceptors (Lipinski definition) is 2. The Kier molecular flexibility index (Phi) is 2.37. The molecule has 2 aliphatic rings. The van der Waals surface area contributed by atoms with Gasteiger partial charge in [-0.3, -0.25) is 0 Å². The fraction of sp³-hybridized carbons (Fsp3) is 1.00. The topological polar surface area (TPSA) is 29.5 Å². The number of aliphatic hydroxyl groups excluding tert-OH is 1. The first-order chi connectivity index (χ1) is 6.09. The smallest absolute Gasteiger partial charge is 0.154 e. The van der Waals surface area contributed by atoms with Crippen molar-refractivity contribution in [1.82, 2.24) is 0 Å². The summed E-state index contributed by atoms with van der Waals surface area (Å²) in [6, 6.07) is 0. The lowest BCUT2D eigenvalue weighted by Crippen LogP contribution is -2.47. The van der Waals surface area contributed by atoms with E-state index in [2.05, 4.69) is 13.8 Å².